The summed E-state index contributed by atoms with van der Waals surface area (Å²) < 4.78 is 0. The molecule has 0 amide bonds. The minimum atomic E-state index is -0.291. The van der Waals surface area contributed by atoms with Gasteiger partial charge in [0.15, 0.2) is 0 Å². The van der Waals surface area contributed by atoms with Crippen molar-refractivity contribution < 1.29 is 4.79 Å². The van der Waals surface area contributed by atoms with Gasteiger partial charge in [0.25, 0.3) is 0 Å². The van der Waals surface area contributed by atoms with Crippen molar-refractivity contribution in [3.63, 3.8) is 0 Å². The molecular weight excluding hydrogens is 170 g/mol. The zero-order chi connectivity index (χ0) is 8.97. The molecule has 1 aliphatic carbocycles. The van der Waals surface area contributed by atoms with Crippen LogP contribution in [0.25, 0.3) is 0 Å². The molecule has 0 aromatic carbocycles. The molecule has 0 fully saturated rings. The van der Waals surface area contributed by atoms with Crippen molar-refractivity contribution in [1.82, 2.24) is 5.32 Å². The van der Waals surface area contributed by atoms with Crippen molar-refractivity contribution in [2.75, 3.05) is 0 Å². The Morgan fingerprint density at radius 3 is 3.08 bits per heavy atom. The standard InChI is InChI=1S/C9H10NOS/c1-7(6-11)10-8-4-2-3-5-9(8)12/h2-4,7,10H,5H2,1H3/t7-/m0/s1. The van der Waals surface area contributed by atoms with Crippen molar-refractivity contribution in [2.45, 2.75) is 19.4 Å². The van der Waals surface area contributed by atoms with Crippen molar-refractivity contribution in [3.05, 3.63) is 23.9 Å². The van der Waals surface area contributed by atoms with Gasteiger partial charge in [0.1, 0.15) is 0 Å². The van der Waals surface area contributed by atoms with E-state index in [2.05, 4.69) is 5.32 Å². The van der Waals surface area contributed by atoms with E-state index < -0.39 is 0 Å². The smallest absolute Gasteiger partial charge is 0.222 e. The van der Waals surface area contributed by atoms with Gasteiger partial charge in [0.05, 0.1) is 6.04 Å². The number of rotatable bonds is 3. The van der Waals surface area contributed by atoms with Crippen molar-refractivity contribution in [1.29, 1.82) is 0 Å². The average molecular weight is 180 g/mol. The van der Waals surface area contributed by atoms with Crippen LogP contribution in [0.5, 0.6) is 0 Å². The largest absolute Gasteiger partial charge is 0.374 e. The first-order chi connectivity index (χ1) is 5.74. The number of hydrogen-bond donors (Lipinski definition) is 1. The lowest BCUT2D eigenvalue weighted by atomic mass is 10.1. The Balaban J connectivity index is 2.61. The van der Waals surface area contributed by atoms with E-state index >= 15 is 0 Å². The Hall–Kier alpha value is -0.960. The second-order valence-electron chi connectivity index (χ2n) is 2.62. The summed E-state index contributed by atoms with van der Waals surface area (Å²) in [6.07, 6.45) is 8.41. The maximum Gasteiger partial charge on any atom is 0.222 e. The van der Waals surface area contributed by atoms with Crippen molar-refractivity contribution >= 4 is 23.4 Å². The molecule has 0 bridgehead atoms. The third kappa shape index (κ3) is 2.27. The van der Waals surface area contributed by atoms with Gasteiger partial charge in [-0.2, -0.15) is 0 Å². The minimum absolute atomic E-state index is 0.291. The fourth-order valence-corrected chi connectivity index (χ4v) is 1.16. The third-order valence-corrected chi connectivity index (χ3v) is 1.94. The van der Waals surface area contributed by atoms with Gasteiger partial charge in [-0.25, -0.2) is 0 Å². The molecule has 0 aromatic heterocycles. The van der Waals surface area contributed by atoms with Crippen LogP contribution in [0.15, 0.2) is 23.9 Å². The van der Waals surface area contributed by atoms with Crippen LogP contribution in [0, 0.1) is 0 Å². The Morgan fingerprint density at radius 1 is 1.75 bits per heavy atom. The van der Waals surface area contributed by atoms with E-state index in [0.29, 0.717) is 0 Å². The highest BCUT2D eigenvalue weighted by Crippen LogP contribution is 2.07. The summed E-state index contributed by atoms with van der Waals surface area (Å²) in [6, 6.07) is -0.291. The van der Waals surface area contributed by atoms with Gasteiger partial charge in [0.2, 0.25) is 6.29 Å². The van der Waals surface area contributed by atoms with E-state index in [4.69, 9.17) is 12.2 Å². The Kier molecular flexibility index (Phi) is 3.17. The summed E-state index contributed by atoms with van der Waals surface area (Å²) in [6.45, 7) is 1.74. The molecule has 0 aliphatic heterocycles. The van der Waals surface area contributed by atoms with Crippen LogP contribution in [0.1, 0.15) is 13.3 Å². The number of thiocarbonyl (C=S) groups is 1. The first kappa shape index (κ1) is 9.13. The molecule has 1 aliphatic rings. The zero-order valence-corrected chi connectivity index (χ0v) is 7.65. The molecule has 1 radical (unpaired) electrons. The maximum absolute atomic E-state index is 10.2. The Bertz CT molecular complexity index is 255. The summed E-state index contributed by atoms with van der Waals surface area (Å²) in [7, 11) is 0. The predicted molar refractivity (Wildman–Crippen MR) is 52.7 cm³/mol. The van der Waals surface area contributed by atoms with Crippen LogP contribution in [0.4, 0.5) is 0 Å². The minimum Gasteiger partial charge on any atom is -0.374 e. The van der Waals surface area contributed by atoms with Crippen LogP contribution < -0.4 is 5.32 Å². The molecule has 12 heavy (non-hydrogen) atoms. The SMILES string of the molecule is C[C@@H]([C]=O)NC1=CC=CCC1=S. The lowest BCUT2D eigenvalue weighted by molar-refractivity contribution is 0.537. The number of allylic oxidation sites excluding steroid dienone is 4. The molecule has 1 rings (SSSR count). The molecule has 2 nitrogen and oxygen atoms in total. The van der Waals surface area contributed by atoms with Crippen molar-refractivity contribution in [2.24, 2.45) is 0 Å². The van der Waals surface area contributed by atoms with Gasteiger partial charge >= 0.3 is 0 Å². The molecular formula is C9H10NOS. The fourth-order valence-electron chi connectivity index (χ4n) is 0.934. The number of nitrogens with one attached hydrogen (secondary N) is 1. The molecule has 63 valence electrons. The van der Waals surface area contributed by atoms with Crippen molar-refractivity contribution in [3.8, 4) is 0 Å². The van der Waals surface area contributed by atoms with E-state index in [-0.39, 0.29) is 6.04 Å². The lowest BCUT2D eigenvalue weighted by Crippen LogP contribution is -2.30. The van der Waals surface area contributed by atoms with E-state index in [1.807, 2.05) is 24.5 Å². The third-order valence-electron chi connectivity index (χ3n) is 1.55. The molecule has 0 aromatic rings. The van der Waals surface area contributed by atoms with Crippen LogP contribution in [0.3, 0.4) is 0 Å². The summed E-state index contributed by atoms with van der Waals surface area (Å²) in [5.74, 6) is 0. The monoisotopic (exact) mass is 180 g/mol. The second-order valence-corrected chi connectivity index (χ2v) is 3.11. The zero-order valence-electron chi connectivity index (χ0n) is 6.83. The molecule has 0 heterocycles. The quantitative estimate of drug-likeness (QED) is 0.663. The van der Waals surface area contributed by atoms with Gasteiger partial charge in [-0.15, -0.1) is 0 Å². The van der Waals surface area contributed by atoms with E-state index in [0.717, 1.165) is 17.0 Å². The van der Waals surface area contributed by atoms with Gasteiger partial charge in [-0.1, -0.05) is 24.4 Å². The highest BCUT2D eigenvalue weighted by atomic mass is 32.1. The Morgan fingerprint density at radius 2 is 2.50 bits per heavy atom. The number of carbonyl (C=O) groups excluding carboxylic acids is 1. The molecule has 0 saturated carbocycles. The van der Waals surface area contributed by atoms with Gasteiger partial charge < -0.3 is 5.32 Å². The molecule has 3 heteroatoms. The van der Waals surface area contributed by atoms with Crippen LogP contribution >= 0.6 is 12.2 Å². The number of hydrogen-bond acceptors (Lipinski definition) is 3. The lowest BCUT2D eigenvalue weighted by Gasteiger charge is -2.14. The predicted octanol–water partition coefficient (Wildman–Crippen LogP) is 1.29. The summed E-state index contributed by atoms with van der Waals surface area (Å²) in [4.78, 5) is 11.1. The van der Waals surface area contributed by atoms with Crippen LogP contribution in [0.2, 0.25) is 0 Å². The van der Waals surface area contributed by atoms with Gasteiger partial charge in [0, 0.05) is 17.0 Å². The van der Waals surface area contributed by atoms with E-state index in [1.54, 1.807) is 6.92 Å². The fraction of sp³-hybridized carbons (Fsp3) is 0.333. The first-order valence-corrected chi connectivity index (χ1v) is 4.19. The molecule has 0 spiro atoms. The van der Waals surface area contributed by atoms with Crippen LogP contribution in [-0.2, 0) is 4.79 Å². The summed E-state index contributed by atoms with van der Waals surface area (Å²) in [5, 5.41) is 2.96. The topological polar surface area (TPSA) is 29.1 Å². The highest BCUT2D eigenvalue weighted by molar-refractivity contribution is 7.80. The van der Waals surface area contributed by atoms with E-state index in [9.17, 15) is 4.79 Å². The maximum atomic E-state index is 10.2. The van der Waals surface area contributed by atoms with Gasteiger partial charge in [-0.3, -0.25) is 4.79 Å². The summed E-state index contributed by atoms with van der Waals surface area (Å²) >= 11 is 5.08. The molecule has 0 saturated heterocycles. The Labute approximate surface area is 77.3 Å². The van der Waals surface area contributed by atoms with E-state index in [1.165, 1.54) is 0 Å². The van der Waals surface area contributed by atoms with Gasteiger partial charge in [-0.05, 0) is 13.0 Å². The molecule has 1 atom stereocenters. The highest BCUT2D eigenvalue weighted by Gasteiger charge is 2.08. The normalized spacial score (nSPS) is 18.4. The molecule has 1 N–H and O–H groups in total. The average Bonchev–Trinajstić information content (AvgIpc) is 2.09. The summed E-state index contributed by atoms with van der Waals surface area (Å²) in [5.41, 5.74) is 0.864. The second kappa shape index (κ2) is 4.16. The first-order valence-electron chi connectivity index (χ1n) is 3.78. The van der Waals surface area contributed by atoms with Crippen LogP contribution in [-0.4, -0.2) is 17.2 Å². The molecule has 0 unspecified atom stereocenters.